The molecule has 1 heteroatoms. The largest absolute Gasteiger partial charge is 0.385 e. The molecule has 4 rings (SSSR count). The smallest absolute Gasteiger partial charge is 0.0930 e. The lowest BCUT2D eigenvalue weighted by atomic mass is 9.70. The van der Waals surface area contributed by atoms with Gasteiger partial charge >= 0.3 is 0 Å². The molecule has 1 nitrogen and oxygen atoms in total. The molecule has 3 aliphatic rings. The number of hydrogen-bond donors (Lipinski definition) is 1. The fraction of sp³-hybridized carbons (Fsp3) is 0.625. The molecule has 0 radical (unpaired) electrons. The Morgan fingerprint density at radius 1 is 1.06 bits per heavy atom. The van der Waals surface area contributed by atoms with E-state index in [0.29, 0.717) is 5.92 Å². The molecule has 90 valence electrons. The SMILES string of the molecule is O[C@]1(c2ccccc2)C[C@H]2C[C@H]1[C@H]1CCC[C@H]21. The van der Waals surface area contributed by atoms with Gasteiger partial charge < -0.3 is 5.11 Å². The van der Waals surface area contributed by atoms with E-state index in [0.717, 1.165) is 29.7 Å². The van der Waals surface area contributed by atoms with Crippen molar-refractivity contribution in [2.24, 2.45) is 23.7 Å². The number of aliphatic hydroxyl groups is 1. The van der Waals surface area contributed by atoms with Gasteiger partial charge in [0.2, 0.25) is 0 Å². The minimum Gasteiger partial charge on any atom is -0.385 e. The molecule has 0 amide bonds. The molecule has 0 saturated heterocycles. The van der Waals surface area contributed by atoms with E-state index in [1.165, 1.54) is 25.7 Å². The van der Waals surface area contributed by atoms with Crippen LogP contribution in [0.4, 0.5) is 0 Å². The van der Waals surface area contributed by atoms with Crippen molar-refractivity contribution in [3.05, 3.63) is 35.9 Å². The predicted molar refractivity (Wildman–Crippen MR) is 67.4 cm³/mol. The molecule has 3 aliphatic carbocycles. The van der Waals surface area contributed by atoms with Crippen LogP contribution in [0.1, 0.15) is 37.7 Å². The lowest BCUT2D eigenvalue weighted by molar-refractivity contribution is -0.0512. The highest BCUT2D eigenvalue weighted by Crippen LogP contribution is 2.65. The molecule has 2 bridgehead atoms. The minimum absolute atomic E-state index is 0.503. The van der Waals surface area contributed by atoms with E-state index in [1.807, 2.05) is 6.07 Å². The van der Waals surface area contributed by atoms with E-state index < -0.39 is 5.60 Å². The minimum atomic E-state index is -0.503. The lowest BCUT2D eigenvalue weighted by Crippen LogP contribution is -2.38. The van der Waals surface area contributed by atoms with E-state index in [4.69, 9.17) is 0 Å². The number of rotatable bonds is 1. The molecule has 1 aromatic carbocycles. The first-order chi connectivity index (χ1) is 8.29. The second-order valence-corrected chi connectivity index (χ2v) is 6.36. The van der Waals surface area contributed by atoms with Crippen LogP contribution in [0.5, 0.6) is 0 Å². The van der Waals surface area contributed by atoms with Crippen LogP contribution in [0.3, 0.4) is 0 Å². The second-order valence-electron chi connectivity index (χ2n) is 6.36. The number of benzene rings is 1. The van der Waals surface area contributed by atoms with E-state index in [9.17, 15) is 5.11 Å². The zero-order valence-electron chi connectivity index (χ0n) is 10.2. The van der Waals surface area contributed by atoms with Crippen LogP contribution in [-0.2, 0) is 5.60 Å². The third-order valence-electron chi connectivity index (χ3n) is 5.76. The maximum absolute atomic E-state index is 11.1. The summed E-state index contributed by atoms with van der Waals surface area (Å²) in [6, 6.07) is 10.4. The lowest BCUT2D eigenvalue weighted by Gasteiger charge is -2.39. The molecule has 0 spiro atoms. The summed E-state index contributed by atoms with van der Waals surface area (Å²) in [5.74, 6) is 3.11. The van der Waals surface area contributed by atoms with Crippen LogP contribution in [0, 0.1) is 23.7 Å². The average molecular weight is 228 g/mol. The van der Waals surface area contributed by atoms with Crippen LogP contribution in [0.15, 0.2) is 30.3 Å². The van der Waals surface area contributed by atoms with Crippen molar-refractivity contribution < 1.29 is 5.11 Å². The van der Waals surface area contributed by atoms with Gasteiger partial charge in [-0.2, -0.15) is 0 Å². The van der Waals surface area contributed by atoms with Gasteiger partial charge in [0, 0.05) is 0 Å². The van der Waals surface area contributed by atoms with Gasteiger partial charge in [0.05, 0.1) is 5.60 Å². The Kier molecular flexibility index (Phi) is 2.00. The van der Waals surface area contributed by atoms with Gasteiger partial charge in [0.25, 0.3) is 0 Å². The summed E-state index contributed by atoms with van der Waals surface area (Å²) in [6.07, 6.45) is 6.48. The number of fused-ring (bicyclic) bond motifs is 5. The predicted octanol–water partition coefficient (Wildman–Crippen LogP) is 3.33. The third kappa shape index (κ3) is 1.24. The molecule has 3 saturated carbocycles. The van der Waals surface area contributed by atoms with E-state index >= 15 is 0 Å². The molecule has 1 N–H and O–H groups in total. The maximum Gasteiger partial charge on any atom is 0.0930 e. The zero-order valence-corrected chi connectivity index (χ0v) is 10.2. The Morgan fingerprint density at radius 2 is 1.82 bits per heavy atom. The zero-order chi connectivity index (χ0) is 11.5. The van der Waals surface area contributed by atoms with Gasteiger partial charge in [-0.1, -0.05) is 36.8 Å². The Morgan fingerprint density at radius 3 is 2.65 bits per heavy atom. The van der Waals surface area contributed by atoms with Gasteiger partial charge in [0.1, 0.15) is 0 Å². The Bertz CT molecular complexity index is 426. The molecule has 0 unspecified atom stereocenters. The summed E-state index contributed by atoms with van der Waals surface area (Å²) >= 11 is 0. The highest BCUT2D eigenvalue weighted by molar-refractivity contribution is 5.28. The summed E-state index contributed by atoms with van der Waals surface area (Å²) in [4.78, 5) is 0. The first kappa shape index (κ1) is 10.1. The van der Waals surface area contributed by atoms with Crippen LogP contribution < -0.4 is 0 Å². The summed E-state index contributed by atoms with van der Waals surface area (Å²) in [7, 11) is 0. The van der Waals surface area contributed by atoms with Crippen LogP contribution in [0.25, 0.3) is 0 Å². The highest BCUT2D eigenvalue weighted by Gasteiger charge is 2.60. The third-order valence-corrected chi connectivity index (χ3v) is 5.76. The molecule has 0 aromatic heterocycles. The first-order valence-corrected chi connectivity index (χ1v) is 7.07. The molecule has 17 heavy (non-hydrogen) atoms. The first-order valence-electron chi connectivity index (χ1n) is 7.07. The fourth-order valence-corrected chi connectivity index (χ4v) is 5.17. The fourth-order valence-electron chi connectivity index (χ4n) is 5.17. The Labute approximate surface area is 103 Å². The molecular weight excluding hydrogens is 208 g/mol. The van der Waals surface area contributed by atoms with Gasteiger partial charge in [-0.15, -0.1) is 0 Å². The Balaban J connectivity index is 1.73. The van der Waals surface area contributed by atoms with Gasteiger partial charge in [-0.05, 0) is 54.9 Å². The Hall–Kier alpha value is -0.820. The molecular formula is C16H20O. The van der Waals surface area contributed by atoms with E-state index in [1.54, 1.807) is 0 Å². The van der Waals surface area contributed by atoms with Crippen molar-refractivity contribution in [1.29, 1.82) is 0 Å². The van der Waals surface area contributed by atoms with E-state index in [-0.39, 0.29) is 0 Å². The summed E-state index contributed by atoms with van der Waals surface area (Å²) in [5.41, 5.74) is 0.662. The standard InChI is InChI=1S/C16H20O/c17-16(12-5-2-1-3-6-12)10-11-9-15(16)14-8-4-7-13(11)14/h1-3,5-6,11,13-15,17H,4,7-10H2/t11-,13-,14+,15+,16+/m1/s1. The van der Waals surface area contributed by atoms with Gasteiger partial charge in [-0.25, -0.2) is 0 Å². The van der Waals surface area contributed by atoms with Crippen molar-refractivity contribution in [1.82, 2.24) is 0 Å². The average Bonchev–Trinajstić information content (AvgIpc) is 3.00. The normalized spacial score (nSPS) is 47.4. The monoisotopic (exact) mass is 228 g/mol. The molecule has 5 atom stereocenters. The maximum atomic E-state index is 11.1. The van der Waals surface area contributed by atoms with Gasteiger partial charge in [0.15, 0.2) is 0 Å². The van der Waals surface area contributed by atoms with Crippen molar-refractivity contribution in [3.63, 3.8) is 0 Å². The topological polar surface area (TPSA) is 20.2 Å². The summed E-state index contributed by atoms with van der Waals surface area (Å²) < 4.78 is 0. The van der Waals surface area contributed by atoms with Crippen molar-refractivity contribution >= 4 is 0 Å². The van der Waals surface area contributed by atoms with Crippen molar-refractivity contribution in [3.8, 4) is 0 Å². The second kappa shape index (κ2) is 3.35. The van der Waals surface area contributed by atoms with Gasteiger partial charge in [-0.3, -0.25) is 0 Å². The van der Waals surface area contributed by atoms with Crippen LogP contribution >= 0.6 is 0 Å². The molecule has 1 aromatic rings. The van der Waals surface area contributed by atoms with E-state index in [2.05, 4.69) is 24.3 Å². The van der Waals surface area contributed by atoms with Crippen LogP contribution in [-0.4, -0.2) is 5.11 Å². The summed E-state index contributed by atoms with van der Waals surface area (Å²) in [6.45, 7) is 0. The van der Waals surface area contributed by atoms with Crippen molar-refractivity contribution in [2.75, 3.05) is 0 Å². The highest BCUT2D eigenvalue weighted by atomic mass is 16.3. The molecule has 0 aliphatic heterocycles. The van der Waals surface area contributed by atoms with Crippen molar-refractivity contribution in [2.45, 2.75) is 37.7 Å². The number of hydrogen-bond acceptors (Lipinski definition) is 1. The summed E-state index contributed by atoms with van der Waals surface area (Å²) in [5, 5.41) is 11.1. The van der Waals surface area contributed by atoms with Crippen LogP contribution in [0.2, 0.25) is 0 Å². The quantitative estimate of drug-likeness (QED) is 0.781. The molecule has 0 heterocycles. The molecule has 3 fully saturated rings.